The first-order valence-corrected chi connectivity index (χ1v) is 3.11. The van der Waals surface area contributed by atoms with Crippen LogP contribution in [-0.2, 0) is 0 Å². The summed E-state index contributed by atoms with van der Waals surface area (Å²) in [6.45, 7) is 0. The molecule has 0 spiro atoms. The fourth-order valence-corrected chi connectivity index (χ4v) is 1.07. The molecule has 2 atom stereocenters. The van der Waals surface area contributed by atoms with Crippen LogP contribution in [-0.4, -0.2) is 17.0 Å². The Balaban J connectivity index is 2.54. The zero-order chi connectivity index (χ0) is 5.98. The lowest BCUT2D eigenvalue weighted by atomic mass is 10.4. The Morgan fingerprint density at radius 2 is 2.62 bits per heavy atom. The van der Waals surface area contributed by atoms with Crippen LogP contribution in [0.3, 0.4) is 0 Å². The van der Waals surface area contributed by atoms with E-state index in [-0.39, 0.29) is 11.4 Å². The zero-order valence-corrected chi connectivity index (χ0v) is 4.93. The number of nitrogens with two attached hydrogens (primary N) is 1. The molecule has 2 unspecified atom stereocenters. The molecule has 0 amide bonds. The smallest absolute Gasteiger partial charge is 0.132 e. The van der Waals surface area contributed by atoms with Gasteiger partial charge in [0.1, 0.15) is 11.4 Å². The van der Waals surface area contributed by atoms with E-state index in [1.165, 1.54) is 11.8 Å². The highest BCUT2D eigenvalue weighted by molar-refractivity contribution is 8.13. The van der Waals surface area contributed by atoms with Crippen molar-refractivity contribution < 1.29 is 0 Å². The molecule has 0 saturated carbocycles. The van der Waals surface area contributed by atoms with Gasteiger partial charge in [-0.1, -0.05) is 11.8 Å². The zero-order valence-electron chi connectivity index (χ0n) is 4.11. The molecule has 2 N–H and O–H groups in total. The fraction of sp³-hybridized carbons (Fsp3) is 0.500. The molecule has 3 nitrogen and oxygen atoms in total. The molecule has 42 valence electrons. The van der Waals surface area contributed by atoms with Crippen molar-refractivity contribution in [3.63, 3.8) is 0 Å². The largest absolute Gasteiger partial charge is 0.308 e. The van der Waals surface area contributed by atoms with E-state index in [4.69, 9.17) is 11.0 Å². The Hall–Kier alpha value is -0.530. The second-order valence-electron chi connectivity index (χ2n) is 1.43. The third-order valence-electron chi connectivity index (χ3n) is 0.878. The SMILES string of the molecule is N#CC1SC=NC1N. The van der Waals surface area contributed by atoms with Crippen LogP contribution in [0.5, 0.6) is 0 Å². The maximum absolute atomic E-state index is 8.31. The molecule has 1 aliphatic heterocycles. The van der Waals surface area contributed by atoms with Crippen LogP contribution >= 0.6 is 11.8 Å². The molecule has 8 heavy (non-hydrogen) atoms. The van der Waals surface area contributed by atoms with Crippen molar-refractivity contribution in [3.05, 3.63) is 0 Å². The van der Waals surface area contributed by atoms with Gasteiger partial charge in [0, 0.05) is 0 Å². The number of hydrogen-bond acceptors (Lipinski definition) is 4. The molecule has 4 heteroatoms. The minimum Gasteiger partial charge on any atom is -0.308 e. The minimum absolute atomic E-state index is 0.157. The highest BCUT2D eigenvalue weighted by Crippen LogP contribution is 2.16. The maximum Gasteiger partial charge on any atom is 0.132 e. The third kappa shape index (κ3) is 0.831. The summed E-state index contributed by atoms with van der Waals surface area (Å²) in [6.07, 6.45) is -0.301. The minimum atomic E-state index is -0.301. The van der Waals surface area contributed by atoms with E-state index in [2.05, 4.69) is 4.99 Å². The molecule has 0 aromatic rings. The standard InChI is InChI=1S/C4H5N3S/c5-1-3-4(6)7-2-8-3/h2-4H,6H2. The molecular formula is C4H5N3S. The summed E-state index contributed by atoms with van der Waals surface area (Å²) in [5, 5.41) is 8.15. The van der Waals surface area contributed by atoms with E-state index < -0.39 is 0 Å². The van der Waals surface area contributed by atoms with Crippen molar-refractivity contribution in [2.75, 3.05) is 0 Å². The van der Waals surface area contributed by atoms with Crippen LogP contribution in [0.15, 0.2) is 4.99 Å². The summed E-state index contributed by atoms with van der Waals surface area (Å²) in [5.41, 5.74) is 6.97. The Labute approximate surface area is 51.6 Å². The Bertz CT molecular complexity index is 148. The first-order valence-electron chi connectivity index (χ1n) is 2.17. The quantitative estimate of drug-likeness (QED) is 0.495. The number of aliphatic imine (C=N–C) groups is 1. The molecule has 1 aliphatic rings. The van der Waals surface area contributed by atoms with Gasteiger partial charge in [-0.3, -0.25) is 4.99 Å². The lowest BCUT2D eigenvalue weighted by Gasteiger charge is -1.99. The summed E-state index contributed by atoms with van der Waals surface area (Å²) in [5.74, 6) is 0. The summed E-state index contributed by atoms with van der Waals surface area (Å²) in [7, 11) is 0. The number of nitriles is 1. The van der Waals surface area contributed by atoms with Crippen molar-refractivity contribution >= 4 is 17.3 Å². The van der Waals surface area contributed by atoms with Crippen LogP contribution in [0.2, 0.25) is 0 Å². The van der Waals surface area contributed by atoms with Crippen LogP contribution in [0.4, 0.5) is 0 Å². The van der Waals surface area contributed by atoms with Gasteiger partial charge in [-0.15, -0.1) is 0 Å². The lowest BCUT2D eigenvalue weighted by molar-refractivity contribution is 0.759. The average molecular weight is 127 g/mol. The predicted molar refractivity (Wildman–Crippen MR) is 33.5 cm³/mol. The van der Waals surface area contributed by atoms with E-state index in [1.54, 1.807) is 5.55 Å². The molecule has 0 aromatic carbocycles. The molecule has 0 aromatic heterocycles. The van der Waals surface area contributed by atoms with E-state index in [9.17, 15) is 0 Å². The topological polar surface area (TPSA) is 62.2 Å². The van der Waals surface area contributed by atoms with Gasteiger partial charge >= 0.3 is 0 Å². The van der Waals surface area contributed by atoms with Crippen molar-refractivity contribution in [1.82, 2.24) is 0 Å². The van der Waals surface area contributed by atoms with Crippen molar-refractivity contribution in [2.24, 2.45) is 10.7 Å². The van der Waals surface area contributed by atoms with E-state index >= 15 is 0 Å². The number of rotatable bonds is 0. The molecule has 0 fully saturated rings. The van der Waals surface area contributed by atoms with E-state index in [1.807, 2.05) is 6.07 Å². The molecule has 1 rings (SSSR count). The Morgan fingerprint density at radius 3 is 2.88 bits per heavy atom. The summed E-state index contributed by atoms with van der Waals surface area (Å²) in [6, 6.07) is 2.03. The van der Waals surface area contributed by atoms with Crippen LogP contribution in [0.25, 0.3) is 0 Å². The van der Waals surface area contributed by atoms with Crippen molar-refractivity contribution in [2.45, 2.75) is 11.4 Å². The summed E-state index contributed by atoms with van der Waals surface area (Å²) < 4.78 is 0. The first-order chi connectivity index (χ1) is 3.84. The summed E-state index contributed by atoms with van der Waals surface area (Å²) >= 11 is 1.37. The predicted octanol–water partition coefficient (Wildman–Crippen LogP) is -0.0615. The molecule has 0 radical (unpaired) electrons. The summed E-state index contributed by atoms with van der Waals surface area (Å²) in [4.78, 5) is 3.78. The Morgan fingerprint density at radius 1 is 1.88 bits per heavy atom. The van der Waals surface area contributed by atoms with Crippen molar-refractivity contribution in [1.29, 1.82) is 5.26 Å². The van der Waals surface area contributed by atoms with Gasteiger partial charge in [-0.2, -0.15) is 5.26 Å². The second-order valence-corrected chi connectivity index (χ2v) is 2.42. The second kappa shape index (κ2) is 2.16. The third-order valence-corrected chi connectivity index (χ3v) is 1.80. The normalized spacial score (nSPS) is 35.0. The van der Waals surface area contributed by atoms with Crippen molar-refractivity contribution in [3.8, 4) is 6.07 Å². The fourth-order valence-electron chi connectivity index (χ4n) is 0.436. The lowest BCUT2D eigenvalue weighted by Crippen LogP contribution is -2.25. The van der Waals surface area contributed by atoms with Gasteiger partial charge in [-0.25, -0.2) is 0 Å². The molecule has 0 bridgehead atoms. The molecular weight excluding hydrogens is 122 g/mol. The van der Waals surface area contributed by atoms with E-state index in [0.717, 1.165) is 0 Å². The molecule has 1 heterocycles. The maximum atomic E-state index is 8.31. The van der Waals surface area contributed by atoms with Gasteiger partial charge in [0.15, 0.2) is 0 Å². The average Bonchev–Trinajstić information content (AvgIpc) is 2.14. The van der Waals surface area contributed by atoms with E-state index in [0.29, 0.717) is 0 Å². The molecule has 0 aliphatic carbocycles. The van der Waals surface area contributed by atoms with Crippen LogP contribution in [0, 0.1) is 11.3 Å². The van der Waals surface area contributed by atoms with Gasteiger partial charge in [-0.05, 0) is 0 Å². The first kappa shape index (κ1) is 5.60. The van der Waals surface area contributed by atoms with Gasteiger partial charge in [0.25, 0.3) is 0 Å². The highest BCUT2D eigenvalue weighted by atomic mass is 32.2. The monoisotopic (exact) mass is 127 g/mol. The van der Waals surface area contributed by atoms with Gasteiger partial charge < -0.3 is 5.73 Å². The number of nitrogens with zero attached hydrogens (tertiary/aromatic N) is 2. The highest BCUT2D eigenvalue weighted by Gasteiger charge is 2.19. The number of hydrogen-bond donors (Lipinski definition) is 1. The molecule has 0 saturated heterocycles. The Kier molecular flexibility index (Phi) is 1.51. The van der Waals surface area contributed by atoms with Gasteiger partial charge in [0.05, 0.1) is 11.6 Å². The van der Waals surface area contributed by atoms with Gasteiger partial charge in [0.2, 0.25) is 0 Å². The van der Waals surface area contributed by atoms with Crippen LogP contribution < -0.4 is 5.73 Å². The van der Waals surface area contributed by atoms with Crippen LogP contribution in [0.1, 0.15) is 0 Å². The number of thioether (sulfide) groups is 1.